The molecular formula is C8H12BrN3O2. The molecule has 0 amide bonds. The van der Waals surface area contributed by atoms with Gasteiger partial charge in [-0.25, -0.2) is 0 Å². The molecule has 0 fully saturated rings. The molecule has 0 aliphatic rings. The van der Waals surface area contributed by atoms with Crippen LogP contribution in [0, 0.1) is 16.0 Å². The Labute approximate surface area is 90.4 Å². The average molecular weight is 262 g/mol. The Bertz CT molecular complexity index is 335. The van der Waals surface area contributed by atoms with E-state index in [1.165, 1.54) is 0 Å². The van der Waals surface area contributed by atoms with Gasteiger partial charge in [0.2, 0.25) is 0 Å². The predicted octanol–water partition coefficient (Wildman–Crippen LogP) is 2.60. The first kappa shape index (κ1) is 11.2. The van der Waals surface area contributed by atoms with Gasteiger partial charge >= 0.3 is 5.82 Å². The van der Waals surface area contributed by atoms with Gasteiger partial charge in [-0.15, -0.1) is 0 Å². The van der Waals surface area contributed by atoms with E-state index < -0.39 is 4.92 Å². The molecule has 0 spiro atoms. The molecule has 1 heterocycles. The van der Waals surface area contributed by atoms with Gasteiger partial charge in [0.05, 0.1) is 17.8 Å². The summed E-state index contributed by atoms with van der Waals surface area (Å²) >= 11 is 3.10. The van der Waals surface area contributed by atoms with Crippen molar-refractivity contribution in [1.29, 1.82) is 0 Å². The van der Waals surface area contributed by atoms with Crippen LogP contribution in [0.1, 0.15) is 20.3 Å². The summed E-state index contributed by atoms with van der Waals surface area (Å²) in [7, 11) is 0. The smallest absolute Gasteiger partial charge is 0.358 e. The van der Waals surface area contributed by atoms with Gasteiger partial charge in [0.1, 0.15) is 4.47 Å². The first-order valence-electron chi connectivity index (χ1n) is 4.38. The van der Waals surface area contributed by atoms with E-state index in [0.717, 1.165) is 6.42 Å². The van der Waals surface area contributed by atoms with Crippen LogP contribution in [0.5, 0.6) is 0 Å². The van der Waals surface area contributed by atoms with E-state index in [0.29, 0.717) is 16.9 Å². The van der Waals surface area contributed by atoms with Crippen molar-refractivity contribution < 1.29 is 4.92 Å². The highest BCUT2D eigenvalue weighted by Crippen LogP contribution is 2.22. The number of aryl methyl sites for hydroxylation is 1. The third-order valence-corrected chi connectivity index (χ3v) is 2.37. The van der Waals surface area contributed by atoms with Crippen molar-refractivity contribution >= 4 is 21.7 Å². The van der Waals surface area contributed by atoms with Crippen LogP contribution in [0.25, 0.3) is 0 Å². The lowest BCUT2D eigenvalue weighted by Gasteiger charge is -2.00. The summed E-state index contributed by atoms with van der Waals surface area (Å²) in [6.07, 6.45) is 2.60. The van der Waals surface area contributed by atoms with E-state index in [1.807, 2.05) is 0 Å². The molecule has 78 valence electrons. The minimum atomic E-state index is -0.490. The molecule has 0 unspecified atom stereocenters. The second-order valence-electron chi connectivity index (χ2n) is 3.50. The fourth-order valence-electron chi connectivity index (χ4n) is 1.02. The molecule has 1 rings (SSSR count). The Hall–Kier alpha value is -0.910. The molecule has 0 saturated heterocycles. The van der Waals surface area contributed by atoms with E-state index >= 15 is 0 Å². The highest BCUT2D eigenvalue weighted by Gasteiger charge is 2.18. The van der Waals surface area contributed by atoms with Crippen LogP contribution >= 0.6 is 15.9 Å². The molecule has 1 aromatic rings. The van der Waals surface area contributed by atoms with Crippen LogP contribution in [0.15, 0.2) is 10.7 Å². The van der Waals surface area contributed by atoms with E-state index in [4.69, 9.17) is 0 Å². The molecule has 0 bridgehead atoms. The minimum Gasteiger partial charge on any atom is -0.358 e. The maximum atomic E-state index is 10.5. The monoisotopic (exact) mass is 261 g/mol. The zero-order valence-electron chi connectivity index (χ0n) is 8.11. The number of nitro groups is 1. The van der Waals surface area contributed by atoms with Gasteiger partial charge in [-0.3, -0.25) is 0 Å². The Morgan fingerprint density at radius 2 is 2.36 bits per heavy atom. The highest BCUT2D eigenvalue weighted by molar-refractivity contribution is 9.10. The molecule has 6 heteroatoms. The van der Waals surface area contributed by atoms with E-state index in [1.54, 1.807) is 10.9 Å². The van der Waals surface area contributed by atoms with Gasteiger partial charge in [-0.2, -0.15) is 4.68 Å². The van der Waals surface area contributed by atoms with Crippen molar-refractivity contribution in [2.24, 2.45) is 5.92 Å². The molecule has 14 heavy (non-hydrogen) atoms. The van der Waals surface area contributed by atoms with Gasteiger partial charge in [0.15, 0.2) is 0 Å². The predicted molar refractivity (Wildman–Crippen MR) is 56.0 cm³/mol. The molecule has 0 aromatic carbocycles. The summed E-state index contributed by atoms with van der Waals surface area (Å²) in [5.74, 6) is 0.450. The zero-order chi connectivity index (χ0) is 10.7. The average Bonchev–Trinajstić information content (AvgIpc) is 2.43. The lowest BCUT2D eigenvalue weighted by molar-refractivity contribution is -0.390. The Morgan fingerprint density at radius 1 is 1.71 bits per heavy atom. The SMILES string of the molecule is CC(C)CCn1cc(Br)c([N+](=O)[O-])n1. The van der Waals surface area contributed by atoms with Crippen LogP contribution in [-0.2, 0) is 6.54 Å². The lowest BCUT2D eigenvalue weighted by atomic mass is 10.1. The molecule has 0 N–H and O–H groups in total. The second-order valence-corrected chi connectivity index (χ2v) is 4.36. The third kappa shape index (κ3) is 2.80. The fourth-order valence-corrected chi connectivity index (χ4v) is 1.48. The largest absolute Gasteiger partial charge is 0.404 e. The normalized spacial score (nSPS) is 10.9. The number of rotatable bonds is 4. The standard InChI is InChI=1S/C8H12BrN3O2/c1-6(2)3-4-11-5-7(9)8(10-11)12(13)14/h5-6H,3-4H2,1-2H3. The summed E-state index contributed by atoms with van der Waals surface area (Å²) in [6, 6.07) is 0. The van der Waals surface area contributed by atoms with Crippen LogP contribution < -0.4 is 0 Å². The first-order chi connectivity index (χ1) is 6.50. The maximum absolute atomic E-state index is 10.5. The molecular weight excluding hydrogens is 250 g/mol. The van der Waals surface area contributed by atoms with Gasteiger partial charge in [0.25, 0.3) is 0 Å². The lowest BCUT2D eigenvalue weighted by Crippen LogP contribution is -2.02. The van der Waals surface area contributed by atoms with E-state index in [9.17, 15) is 10.1 Å². The van der Waals surface area contributed by atoms with Crippen molar-refractivity contribution in [3.05, 3.63) is 20.8 Å². The number of aromatic nitrogens is 2. The summed E-state index contributed by atoms with van der Waals surface area (Å²) in [5.41, 5.74) is 0. The number of hydrogen-bond donors (Lipinski definition) is 0. The Balaban J connectivity index is 2.71. The summed E-state index contributed by atoms with van der Waals surface area (Å²) in [4.78, 5) is 9.98. The first-order valence-corrected chi connectivity index (χ1v) is 5.17. The Morgan fingerprint density at radius 3 is 2.79 bits per heavy atom. The molecule has 0 aliphatic heterocycles. The molecule has 0 saturated carbocycles. The fraction of sp³-hybridized carbons (Fsp3) is 0.625. The van der Waals surface area contributed by atoms with Crippen LogP contribution in [0.4, 0.5) is 5.82 Å². The van der Waals surface area contributed by atoms with Gasteiger partial charge in [-0.1, -0.05) is 13.8 Å². The van der Waals surface area contributed by atoms with Crippen molar-refractivity contribution in [1.82, 2.24) is 9.78 Å². The van der Waals surface area contributed by atoms with Gasteiger partial charge in [0, 0.05) is 0 Å². The molecule has 1 aromatic heterocycles. The van der Waals surface area contributed by atoms with Crippen molar-refractivity contribution in [3.63, 3.8) is 0 Å². The molecule has 0 aliphatic carbocycles. The molecule has 0 radical (unpaired) electrons. The van der Waals surface area contributed by atoms with Gasteiger partial charge < -0.3 is 10.1 Å². The maximum Gasteiger partial charge on any atom is 0.404 e. The van der Waals surface area contributed by atoms with Crippen LogP contribution in [0.3, 0.4) is 0 Å². The van der Waals surface area contributed by atoms with Crippen molar-refractivity contribution in [2.75, 3.05) is 0 Å². The third-order valence-electron chi connectivity index (χ3n) is 1.81. The zero-order valence-corrected chi connectivity index (χ0v) is 9.69. The number of halogens is 1. The van der Waals surface area contributed by atoms with Gasteiger partial charge in [-0.05, 0) is 33.2 Å². The number of nitrogens with zero attached hydrogens (tertiary/aromatic N) is 3. The molecule has 5 nitrogen and oxygen atoms in total. The van der Waals surface area contributed by atoms with Crippen LogP contribution in [0.2, 0.25) is 0 Å². The van der Waals surface area contributed by atoms with E-state index in [2.05, 4.69) is 34.9 Å². The van der Waals surface area contributed by atoms with Crippen molar-refractivity contribution in [2.45, 2.75) is 26.8 Å². The minimum absolute atomic E-state index is 0.117. The summed E-state index contributed by atoms with van der Waals surface area (Å²) in [5, 5.41) is 14.3. The Kier molecular flexibility index (Phi) is 3.62. The van der Waals surface area contributed by atoms with E-state index in [-0.39, 0.29) is 5.82 Å². The molecule has 0 atom stereocenters. The van der Waals surface area contributed by atoms with Crippen molar-refractivity contribution in [3.8, 4) is 0 Å². The topological polar surface area (TPSA) is 61.0 Å². The quantitative estimate of drug-likeness (QED) is 0.618. The highest BCUT2D eigenvalue weighted by atomic mass is 79.9. The number of hydrogen-bond acceptors (Lipinski definition) is 3. The summed E-state index contributed by atoms with van der Waals surface area (Å²) in [6.45, 7) is 4.92. The second kappa shape index (κ2) is 4.54. The summed E-state index contributed by atoms with van der Waals surface area (Å²) < 4.78 is 2.04. The van der Waals surface area contributed by atoms with Crippen LogP contribution in [-0.4, -0.2) is 14.7 Å².